The first-order chi connectivity index (χ1) is 18.1. The van der Waals surface area contributed by atoms with E-state index in [-0.39, 0.29) is 23.7 Å². The second-order valence-corrected chi connectivity index (χ2v) is 10.0. The van der Waals surface area contributed by atoms with Crippen molar-refractivity contribution in [3.8, 4) is 17.6 Å². The number of ether oxygens (including phenoxy) is 1. The van der Waals surface area contributed by atoms with Crippen molar-refractivity contribution >= 4 is 33.4 Å². The zero-order valence-corrected chi connectivity index (χ0v) is 21.6. The Balaban J connectivity index is 1.60. The zero-order chi connectivity index (χ0) is 27.4. The molecule has 12 heteroatoms. The van der Waals surface area contributed by atoms with Gasteiger partial charge in [0.15, 0.2) is 11.1 Å². The monoisotopic (exact) mass is 552 g/mol. The van der Waals surface area contributed by atoms with Crippen LogP contribution in [0, 0.1) is 11.8 Å². The second-order valence-electron chi connectivity index (χ2n) is 9.05. The van der Waals surface area contributed by atoms with E-state index in [0.29, 0.717) is 34.4 Å². The van der Waals surface area contributed by atoms with Crippen LogP contribution in [0.4, 0.5) is 28.9 Å². The highest BCUT2D eigenvalue weighted by Gasteiger charge is 2.31. The molecular weight excluding hydrogens is 524 g/mol. The minimum Gasteiger partial charge on any atom is -0.495 e. The molecule has 7 nitrogen and oxygen atoms in total. The molecule has 4 rings (SSSR count). The molecule has 0 radical (unpaired) electrons. The number of hydrogen-bond acceptors (Lipinski definition) is 5. The van der Waals surface area contributed by atoms with Gasteiger partial charge < -0.3 is 29.4 Å². The molecule has 204 valence electrons. The topological polar surface area (TPSA) is 78.8 Å². The highest BCUT2D eigenvalue weighted by Crippen LogP contribution is 2.32. The van der Waals surface area contributed by atoms with Crippen LogP contribution in [-0.4, -0.2) is 70.4 Å². The van der Waals surface area contributed by atoms with E-state index < -0.39 is 36.0 Å². The molecule has 1 aromatic heterocycles. The first-order valence-electron chi connectivity index (χ1n) is 11.9. The van der Waals surface area contributed by atoms with Crippen LogP contribution in [0.2, 0.25) is 0 Å². The number of fused-ring (bicyclic) bond motifs is 1. The molecule has 1 aliphatic heterocycles. The van der Waals surface area contributed by atoms with Gasteiger partial charge in [0.05, 0.1) is 41.5 Å². The molecule has 0 bridgehead atoms. The summed E-state index contributed by atoms with van der Waals surface area (Å²) in [6.07, 6.45) is -4.99. The van der Waals surface area contributed by atoms with Gasteiger partial charge in [0.1, 0.15) is 18.5 Å². The quantitative estimate of drug-likeness (QED) is 0.224. The summed E-state index contributed by atoms with van der Waals surface area (Å²) in [5.41, 5.74) is 1.60. The van der Waals surface area contributed by atoms with E-state index in [1.165, 1.54) is 19.2 Å². The molecule has 0 amide bonds. The van der Waals surface area contributed by atoms with Crippen molar-refractivity contribution < 1.29 is 31.1 Å². The Morgan fingerprint density at radius 1 is 1.21 bits per heavy atom. The summed E-state index contributed by atoms with van der Waals surface area (Å²) in [4.78, 5) is 2.07. The number of nitrogens with zero attached hydrogens (tertiary/aromatic N) is 2. The summed E-state index contributed by atoms with van der Waals surface area (Å²) in [5.74, 6) is 5.99. The Morgan fingerprint density at radius 2 is 2.00 bits per heavy atom. The highest BCUT2D eigenvalue weighted by atomic mass is 32.2. The van der Waals surface area contributed by atoms with Crippen molar-refractivity contribution in [3.63, 3.8) is 0 Å². The summed E-state index contributed by atoms with van der Waals surface area (Å²) in [6, 6.07) is 10.5. The molecule has 3 N–H and O–H groups in total. The number of benzene rings is 2. The van der Waals surface area contributed by atoms with Crippen LogP contribution in [-0.2, 0) is 17.6 Å². The molecule has 1 unspecified atom stereocenters. The van der Waals surface area contributed by atoms with Gasteiger partial charge in [0.25, 0.3) is 0 Å². The van der Waals surface area contributed by atoms with Gasteiger partial charge in [-0.25, -0.2) is 8.60 Å². The van der Waals surface area contributed by atoms with Crippen LogP contribution >= 0.6 is 0 Å². The van der Waals surface area contributed by atoms with E-state index in [1.54, 1.807) is 30.3 Å². The lowest BCUT2D eigenvalue weighted by Gasteiger charge is -2.33. The fraction of sp³-hybridized carbons (Fsp3) is 0.385. The van der Waals surface area contributed by atoms with E-state index in [4.69, 9.17) is 4.74 Å². The van der Waals surface area contributed by atoms with E-state index in [9.17, 15) is 26.3 Å². The van der Waals surface area contributed by atoms with Gasteiger partial charge in [-0.1, -0.05) is 12.0 Å². The maximum atomic E-state index is 14.6. The van der Waals surface area contributed by atoms with Gasteiger partial charge in [-0.2, -0.15) is 13.2 Å². The van der Waals surface area contributed by atoms with E-state index >= 15 is 0 Å². The number of hydrogen-bond donors (Lipinski definition) is 3. The third kappa shape index (κ3) is 6.59. The first kappa shape index (κ1) is 27.8. The fourth-order valence-corrected chi connectivity index (χ4v) is 4.88. The molecule has 0 spiro atoms. The summed E-state index contributed by atoms with van der Waals surface area (Å²) in [6.45, 7) is -0.128. The van der Waals surface area contributed by atoms with Gasteiger partial charge in [-0.3, -0.25) is 0 Å². The highest BCUT2D eigenvalue weighted by molar-refractivity contribution is 7.79. The summed E-state index contributed by atoms with van der Waals surface area (Å²) in [7, 11) is 3.26. The average Bonchev–Trinajstić information content (AvgIpc) is 3.20. The Labute approximate surface area is 220 Å². The Morgan fingerprint density at radius 3 is 2.68 bits per heavy atom. The number of alkyl halides is 4. The predicted molar refractivity (Wildman–Crippen MR) is 140 cm³/mol. The molecule has 38 heavy (non-hydrogen) atoms. The molecule has 0 aliphatic carbocycles. The number of aromatic nitrogens is 1. The second kappa shape index (κ2) is 11.6. The number of nitrogens with one attached hydrogen (secondary N) is 2. The number of piperidine rings is 1. The lowest BCUT2D eigenvalue weighted by molar-refractivity contribution is -0.140. The summed E-state index contributed by atoms with van der Waals surface area (Å²) in [5, 5.41) is 6.75. The van der Waals surface area contributed by atoms with Crippen LogP contribution in [0.5, 0.6) is 5.75 Å². The number of likely N-dealkylation sites (tertiary alicyclic amines) is 1. The molecular formula is C26H28F4N4O3S. The molecule has 0 saturated carbocycles. The third-order valence-electron chi connectivity index (χ3n) is 6.33. The maximum absolute atomic E-state index is 14.6. The molecule has 2 aromatic carbocycles. The van der Waals surface area contributed by atoms with Crippen molar-refractivity contribution in [2.45, 2.75) is 36.3 Å². The third-order valence-corrected chi connectivity index (χ3v) is 6.98. The van der Waals surface area contributed by atoms with E-state index in [2.05, 4.69) is 22.5 Å². The predicted octanol–water partition coefficient (Wildman–Crippen LogP) is 4.71. The van der Waals surface area contributed by atoms with E-state index in [0.717, 1.165) is 11.1 Å². The maximum Gasteiger partial charge on any atom is 0.406 e. The van der Waals surface area contributed by atoms with Crippen LogP contribution in [0.15, 0.2) is 47.4 Å². The van der Waals surface area contributed by atoms with Crippen molar-refractivity contribution in [1.29, 1.82) is 0 Å². The molecule has 3 atom stereocenters. The molecule has 1 fully saturated rings. The lowest BCUT2D eigenvalue weighted by Crippen LogP contribution is -2.46. The zero-order valence-electron chi connectivity index (χ0n) is 20.8. The van der Waals surface area contributed by atoms with Gasteiger partial charge in [0, 0.05) is 30.2 Å². The molecule has 1 saturated heterocycles. The van der Waals surface area contributed by atoms with Crippen molar-refractivity contribution in [2.75, 3.05) is 44.4 Å². The Hall–Kier alpha value is -3.27. The minimum atomic E-state index is -4.47. The van der Waals surface area contributed by atoms with Gasteiger partial charge in [-0.05, 0) is 49.7 Å². The SMILES string of the molecule is COc1cc(S(=O)O)ccc1NCC#Cc1cc2c(N[C@H]3CCN(C)C[C@@H]3F)cccc2n1CC(F)(F)F. The Bertz CT molecular complexity index is 1380. The van der Waals surface area contributed by atoms with Crippen molar-refractivity contribution in [1.82, 2.24) is 9.47 Å². The number of methoxy groups -OCH3 is 1. The lowest BCUT2D eigenvalue weighted by atomic mass is 10.0. The van der Waals surface area contributed by atoms with Crippen LogP contribution in [0.25, 0.3) is 10.9 Å². The summed E-state index contributed by atoms with van der Waals surface area (Å²) < 4.78 is 81.9. The first-order valence-corrected chi connectivity index (χ1v) is 13.0. The smallest absolute Gasteiger partial charge is 0.406 e. The molecule has 2 heterocycles. The van der Waals surface area contributed by atoms with Crippen molar-refractivity contribution in [2.24, 2.45) is 0 Å². The van der Waals surface area contributed by atoms with Gasteiger partial charge >= 0.3 is 6.18 Å². The molecule has 1 aliphatic rings. The Kier molecular flexibility index (Phi) is 8.50. The van der Waals surface area contributed by atoms with Crippen LogP contribution < -0.4 is 15.4 Å². The summed E-state index contributed by atoms with van der Waals surface area (Å²) >= 11 is -2.17. The van der Waals surface area contributed by atoms with E-state index in [1.807, 2.05) is 11.9 Å². The largest absolute Gasteiger partial charge is 0.495 e. The minimum absolute atomic E-state index is 0.0791. The van der Waals surface area contributed by atoms with Crippen molar-refractivity contribution in [3.05, 3.63) is 48.2 Å². The fourth-order valence-electron chi connectivity index (χ4n) is 4.48. The normalized spacial score (nSPS) is 19.0. The number of halogens is 4. The van der Waals surface area contributed by atoms with Gasteiger partial charge in [0.2, 0.25) is 0 Å². The van der Waals surface area contributed by atoms with Gasteiger partial charge in [-0.15, -0.1) is 0 Å². The molecule has 3 aromatic rings. The number of rotatable bonds is 7. The number of anilines is 2. The standard InChI is InChI=1S/C26H28F4N4O3S/c1-33-12-10-22(20(27)15-33)32-21-6-3-7-24-19(21)13-17(34(24)16-26(28,29)30)5-4-11-31-23-9-8-18(38(35)36)14-25(23)37-2/h3,6-9,13-14,20,22,31-32H,10-12,15-16H2,1-2H3,(H,35,36)/t20-,22-/m0/s1. The van der Waals surface area contributed by atoms with Crippen LogP contribution in [0.3, 0.4) is 0 Å². The van der Waals surface area contributed by atoms with Crippen LogP contribution in [0.1, 0.15) is 12.1 Å². The average molecular weight is 553 g/mol.